The van der Waals surface area contributed by atoms with Gasteiger partial charge < -0.3 is 0 Å². The fourth-order valence-corrected chi connectivity index (χ4v) is 3.23. The molecule has 144 valence electrons. The van der Waals surface area contributed by atoms with Gasteiger partial charge in [0.05, 0.1) is 16.8 Å². The van der Waals surface area contributed by atoms with Crippen LogP contribution in [0.1, 0.15) is 35.1 Å². The highest BCUT2D eigenvalue weighted by Crippen LogP contribution is 2.33. The number of aliphatic imine (C=N–C) groups is 1. The van der Waals surface area contributed by atoms with Crippen LogP contribution in [-0.4, -0.2) is 5.16 Å². The Kier molecular flexibility index (Phi) is 6.17. The van der Waals surface area contributed by atoms with E-state index in [1.54, 1.807) is 12.1 Å². The van der Waals surface area contributed by atoms with Gasteiger partial charge in [0.2, 0.25) is 0 Å². The molecule has 3 aromatic rings. The highest BCUT2D eigenvalue weighted by Gasteiger charge is 2.21. The number of hydrogen-bond acceptors (Lipinski definition) is 2. The number of rotatable bonds is 3. The van der Waals surface area contributed by atoms with Gasteiger partial charge in [-0.1, -0.05) is 48.2 Å². The zero-order valence-corrected chi connectivity index (χ0v) is 17.1. The number of benzene rings is 3. The smallest absolute Gasteiger partial charge is 0.140 e. The molecular formula is C27H18FNS. The van der Waals surface area contributed by atoms with Crippen LogP contribution in [0, 0.1) is 35.5 Å². The van der Waals surface area contributed by atoms with Gasteiger partial charge in [-0.15, -0.1) is 4.99 Å². The van der Waals surface area contributed by atoms with E-state index in [1.807, 2.05) is 12.1 Å². The van der Waals surface area contributed by atoms with Crippen LogP contribution < -0.4 is 0 Å². The second-order valence-electron chi connectivity index (χ2n) is 7.31. The summed E-state index contributed by atoms with van der Waals surface area (Å²) in [6, 6.07) is 24.0. The van der Waals surface area contributed by atoms with Crippen molar-refractivity contribution in [3.05, 3.63) is 94.8 Å². The summed E-state index contributed by atoms with van der Waals surface area (Å²) in [4.78, 5) is 3.46. The van der Waals surface area contributed by atoms with Crippen LogP contribution in [0.2, 0.25) is 0 Å². The van der Waals surface area contributed by atoms with E-state index in [0.29, 0.717) is 5.56 Å². The first-order chi connectivity index (χ1) is 14.7. The van der Waals surface area contributed by atoms with Crippen molar-refractivity contribution in [3.8, 4) is 34.9 Å². The van der Waals surface area contributed by atoms with Gasteiger partial charge in [-0.05, 0) is 90.3 Å². The van der Waals surface area contributed by atoms with E-state index >= 15 is 0 Å². The fourth-order valence-electron chi connectivity index (χ4n) is 3.18. The average Bonchev–Trinajstić information content (AvgIpc) is 3.59. The quantitative estimate of drug-likeness (QED) is 0.284. The molecule has 0 bridgehead atoms. The molecule has 0 spiro atoms. The molecular weight excluding hydrogens is 389 g/mol. The van der Waals surface area contributed by atoms with Gasteiger partial charge in [0.25, 0.3) is 0 Å². The molecule has 30 heavy (non-hydrogen) atoms. The number of isothiocyanates is 1. The minimum absolute atomic E-state index is 0.252. The Hall–Kier alpha value is -3.49. The topological polar surface area (TPSA) is 12.4 Å². The molecule has 1 saturated carbocycles. The van der Waals surface area contributed by atoms with Crippen LogP contribution in [0.25, 0.3) is 11.1 Å². The molecule has 4 rings (SSSR count). The summed E-state index contributed by atoms with van der Waals surface area (Å²) in [6.07, 6.45) is 3.95. The van der Waals surface area contributed by atoms with Crippen molar-refractivity contribution in [2.75, 3.05) is 0 Å². The molecule has 3 heteroatoms. The van der Waals surface area contributed by atoms with Gasteiger partial charge in [-0.25, -0.2) is 4.39 Å². The van der Waals surface area contributed by atoms with Crippen molar-refractivity contribution in [3.63, 3.8) is 0 Å². The van der Waals surface area contributed by atoms with Crippen LogP contribution in [-0.2, 0) is 6.42 Å². The Labute approximate surface area is 181 Å². The largest absolute Gasteiger partial charge is 0.206 e. The zero-order valence-electron chi connectivity index (χ0n) is 16.3. The molecule has 0 aliphatic heterocycles. The van der Waals surface area contributed by atoms with Gasteiger partial charge in [0, 0.05) is 11.1 Å². The van der Waals surface area contributed by atoms with E-state index in [0.717, 1.165) is 17.0 Å². The molecule has 0 radical (unpaired) electrons. The van der Waals surface area contributed by atoms with Gasteiger partial charge >= 0.3 is 0 Å². The lowest BCUT2D eigenvalue weighted by atomic mass is 10.0. The van der Waals surface area contributed by atoms with Gasteiger partial charge in [-0.3, -0.25) is 0 Å². The molecule has 0 unspecified atom stereocenters. The monoisotopic (exact) mass is 407 g/mol. The molecule has 0 saturated heterocycles. The first-order valence-electron chi connectivity index (χ1n) is 9.80. The van der Waals surface area contributed by atoms with Crippen LogP contribution >= 0.6 is 12.2 Å². The van der Waals surface area contributed by atoms with Gasteiger partial charge in [-0.2, -0.15) is 0 Å². The molecule has 3 aromatic carbocycles. The lowest BCUT2D eigenvalue weighted by Crippen LogP contribution is -1.87. The average molecular weight is 408 g/mol. The van der Waals surface area contributed by atoms with Crippen molar-refractivity contribution in [1.82, 2.24) is 0 Å². The molecule has 1 nitrogen and oxygen atoms in total. The Bertz CT molecular complexity index is 1220. The summed E-state index contributed by atoms with van der Waals surface area (Å²) in [7, 11) is 0. The van der Waals surface area contributed by atoms with Crippen molar-refractivity contribution >= 4 is 17.4 Å². The van der Waals surface area contributed by atoms with Gasteiger partial charge in [0.1, 0.15) is 5.82 Å². The summed E-state index contributed by atoms with van der Waals surface area (Å²) in [5.74, 6) is 9.12. The first-order valence-corrected chi connectivity index (χ1v) is 10.2. The Balaban J connectivity index is 1.45. The van der Waals surface area contributed by atoms with Crippen LogP contribution in [0.5, 0.6) is 0 Å². The molecule has 1 aliphatic rings. The highest BCUT2D eigenvalue weighted by molar-refractivity contribution is 7.78. The second kappa shape index (κ2) is 9.34. The molecule has 1 aliphatic carbocycles. The third-order valence-corrected chi connectivity index (χ3v) is 5.10. The van der Waals surface area contributed by atoms with Crippen LogP contribution in [0.15, 0.2) is 71.7 Å². The van der Waals surface area contributed by atoms with Gasteiger partial charge in [0.15, 0.2) is 0 Å². The highest BCUT2D eigenvalue weighted by atomic mass is 32.1. The summed E-state index contributed by atoms with van der Waals surface area (Å²) in [6.45, 7) is 0. The van der Waals surface area contributed by atoms with Crippen LogP contribution in [0.4, 0.5) is 4.39 Å². The minimum atomic E-state index is -0.436. The number of halogens is 1. The lowest BCUT2D eigenvalue weighted by Gasteiger charge is -2.04. The van der Waals surface area contributed by atoms with E-state index < -0.39 is 5.82 Å². The molecule has 1 fully saturated rings. The predicted molar refractivity (Wildman–Crippen MR) is 123 cm³/mol. The van der Waals surface area contributed by atoms with E-state index in [1.165, 1.54) is 36.5 Å². The molecule has 0 aromatic heterocycles. The van der Waals surface area contributed by atoms with E-state index in [4.69, 9.17) is 0 Å². The molecule has 0 amide bonds. The standard InChI is InChI=1S/C27H18FNS/c28-27-18-23(9-14-26(27)15-16-29-19-30)2-1-20-5-10-24(11-6-20)25-12-7-22(8-13-25)17-21-3-4-21/h5-14,18,21H,3-4,17H2. The maximum atomic E-state index is 14.1. The van der Waals surface area contributed by atoms with Crippen molar-refractivity contribution < 1.29 is 4.39 Å². The zero-order chi connectivity index (χ0) is 20.8. The summed E-state index contributed by atoms with van der Waals surface area (Å²) >= 11 is 4.43. The van der Waals surface area contributed by atoms with E-state index in [-0.39, 0.29) is 5.56 Å². The summed E-state index contributed by atoms with van der Waals surface area (Å²) in [5.41, 5.74) is 5.49. The maximum absolute atomic E-state index is 14.1. The Morgan fingerprint density at radius 3 is 2.10 bits per heavy atom. The fraction of sp³-hybridized carbons (Fsp3) is 0.148. The number of hydrogen-bond donors (Lipinski definition) is 0. The molecule has 0 atom stereocenters. The molecule has 0 N–H and O–H groups in total. The summed E-state index contributed by atoms with van der Waals surface area (Å²) < 4.78 is 14.1. The van der Waals surface area contributed by atoms with Crippen molar-refractivity contribution in [2.45, 2.75) is 19.3 Å². The van der Waals surface area contributed by atoms with E-state index in [9.17, 15) is 4.39 Å². The van der Waals surface area contributed by atoms with E-state index in [2.05, 4.69) is 82.6 Å². The van der Waals surface area contributed by atoms with Crippen LogP contribution in [0.3, 0.4) is 0 Å². The van der Waals surface area contributed by atoms with Crippen molar-refractivity contribution in [1.29, 1.82) is 0 Å². The van der Waals surface area contributed by atoms with Crippen molar-refractivity contribution in [2.24, 2.45) is 10.9 Å². The predicted octanol–water partition coefficient (Wildman–Crippen LogP) is 6.26. The molecule has 0 heterocycles. The Morgan fingerprint density at radius 2 is 1.47 bits per heavy atom. The summed E-state index contributed by atoms with van der Waals surface area (Å²) in [5, 5.41) is 2.12. The Morgan fingerprint density at radius 1 is 0.833 bits per heavy atom. The maximum Gasteiger partial charge on any atom is 0.140 e. The minimum Gasteiger partial charge on any atom is -0.206 e. The first kappa shape index (κ1) is 19.8. The second-order valence-corrected chi connectivity index (χ2v) is 7.49. The third-order valence-electron chi connectivity index (χ3n) is 5.01. The number of nitrogens with zero attached hydrogens (tertiary/aromatic N) is 1. The normalized spacial score (nSPS) is 12.0. The third kappa shape index (κ3) is 5.31. The number of thiocarbonyl (C=S) groups is 1. The lowest BCUT2D eigenvalue weighted by molar-refractivity contribution is 0.624. The SMILES string of the molecule is Fc1cc(C#Cc2ccc(-c3ccc(CC4CC4)cc3)cc2)ccc1C#CN=C=S.